The average molecular weight is 345 g/mol. The van der Waals surface area contributed by atoms with Crippen LogP contribution in [0.3, 0.4) is 0 Å². The van der Waals surface area contributed by atoms with Crippen LogP contribution in [-0.4, -0.2) is 5.91 Å². The van der Waals surface area contributed by atoms with Crippen LogP contribution in [0.1, 0.15) is 31.2 Å². The van der Waals surface area contributed by atoms with Crippen LogP contribution < -0.4 is 10.1 Å². The highest BCUT2D eigenvalue weighted by Crippen LogP contribution is 2.25. The number of carbonyl (C=O) groups is 1. The molecule has 1 atom stereocenters. The fraction of sp³-hybridized carbons (Fsp3) is 0.174. The zero-order chi connectivity index (χ0) is 18.2. The Morgan fingerprint density at radius 2 is 1.42 bits per heavy atom. The fourth-order valence-electron chi connectivity index (χ4n) is 2.88. The van der Waals surface area contributed by atoms with Gasteiger partial charge in [-0.1, -0.05) is 61.9 Å². The van der Waals surface area contributed by atoms with Crippen LogP contribution in [0.2, 0.25) is 0 Å². The lowest BCUT2D eigenvalue weighted by molar-refractivity contribution is -0.117. The summed E-state index contributed by atoms with van der Waals surface area (Å²) in [4.78, 5) is 12.7. The van der Waals surface area contributed by atoms with Crippen LogP contribution in [0.5, 0.6) is 11.5 Å². The highest BCUT2D eigenvalue weighted by molar-refractivity contribution is 5.95. The monoisotopic (exact) mass is 345 g/mol. The first-order valence-corrected chi connectivity index (χ1v) is 8.95. The standard InChI is InChI=1S/C23H23NO2/c1-2-9-22(18-10-5-3-6-11-18)23(25)24-19-14-16-21(17-15-19)26-20-12-7-4-8-13-20/h3-8,10-17,22H,2,9H2,1H3,(H,24,25)/t22-/m0/s1. The third-order valence-corrected chi connectivity index (χ3v) is 4.20. The molecular formula is C23H23NO2. The Labute approximate surface area is 154 Å². The Bertz CT molecular complexity index is 814. The summed E-state index contributed by atoms with van der Waals surface area (Å²) in [5, 5.41) is 3.02. The van der Waals surface area contributed by atoms with E-state index >= 15 is 0 Å². The summed E-state index contributed by atoms with van der Waals surface area (Å²) >= 11 is 0. The second-order valence-electron chi connectivity index (χ2n) is 6.18. The summed E-state index contributed by atoms with van der Waals surface area (Å²) in [6.45, 7) is 2.10. The van der Waals surface area contributed by atoms with E-state index in [4.69, 9.17) is 4.74 Å². The first-order valence-electron chi connectivity index (χ1n) is 8.95. The Balaban J connectivity index is 1.66. The van der Waals surface area contributed by atoms with Gasteiger partial charge in [-0.2, -0.15) is 0 Å². The smallest absolute Gasteiger partial charge is 0.231 e. The molecule has 1 N–H and O–H groups in total. The summed E-state index contributed by atoms with van der Waals surface area (Å²) in [6.07, 6.45) is 1.78. The zero-order valence-electron chi connectivity index (χ0n) is 14.9. The van der Waals surface area contributed by atoms with Gasteiger partial charge in [0.2, 0.25) is 5.91 Å². The fourth-order valence-corrected chi connectivity index (χ4v) is 2.88. The molecular weight excluding hydrogens is 322 g/mol. The Hall–Kier alpha value is -3.07. The van der Waals surface area contributed by atoms with Crippen molar-refractivity contribution in [2.45, 2.75) is 25.7 Å². The maximum atomic E-state index is 12.7. The highest BCUT2D eigenvalue weighted by atomic mass is 16.5. The van der Waals surface area contributed by atoms with Gasteiger partial charge in [0.15, 0.2) is 0 Å². The summed E-state index contributed by atoms with van der Waals surface area (Å²) in [7, 11) is 0. The van der Waals surface area contributed by atoms with Crippen molar-refractivity contribution in [3.05, 3.63) is 90.5 Å². The van der Waals surface area contributed by atoms with E-state index in [9.17, 15) is 4.79 Å². The Morgan fingerprint density at radius 3 is 2.04 bits per heavy atom. The average Bonchev–Trinajstić information content (AvgIpc) is 2.69. The largest absolute Gasteiger partial charge is 0.457 e. The van der Waals surface area contributed by atoms with Gasteiger partial charge in [0.1, 0.15) is 11.5 Å². The quantitative estimate of drug-likeness (QED) is 0.570. The van der Waals surface area contributed by atoms with Crippen LogP contribution in [0.15, 0.2) is 84.9 Å². The van der Waals surface area contributed by atoms with Crippen molar-refractivity contribution in [3.63, 3.8) is 0 Å². The minimum absolute atomic E-state index is 0.0229. The molecule has 3 aromatic rings. The third kappa shape index (κ3) is 4.73. The van der Waals surface area contributed by atoms with Gasteiger partial charge in [0.05, 0.1) is 5.92 Å². The molecule has 3 rings (SSSR count). The van der Waals surface area contributed by atoms with E-state index in [2.05, 4.69) is 12.2 Å². The lowest BCUT2D eigenvalue weighted by Crippen LogP contribution is -2.21. The Kier molecular flexibility index (Phi) is 6.05. The van der Waals surface area contributed by atoms with Crippen molar-refractivity contribution in [3.8, 4) is 11.5 Å². The molecule has 26 heavy (non-hydrogen) atoms. The molecule has 0 aromatic heterocycles. The van der Waals surface area contributed by atoms with Gasteiger partial charge in [-0.15, -0.1) is 0 Å². The molecule has 0 heterocycles. The van der Waals surface area contributed by atoms with Crippen LogP contribution >= 0.6 is 0 Å². The SMILES string of the molecule is CCC[C@H](C(=O)Nc1ccc(Oc2ccccc2)cc1)c1ccccc1. The molecule has 0 aliphatic heterocycles. The normalized spacial score (nSPS) is 11.6. The van der Waals surface area contributed by atoms with Gasteiger partial charge in [0.25, 0.3) is 0 Å². The summed E-state index contributed by atoms with van der Waals surface area (Å²) in [6, 6.07) is 27.0. The van der Waals surface area contributed by atoms with Gasteiger partial charge >= 0.3 is 0 Å². The highest BCUT2D eigenvalue weighted by Gasteiger charge is 2.19. The van der Waals surface area contributed by atoms with Crippen molar-refractivity contribution in [1.82, 2.24) is 0 Å². The van der Waals surface area contributed by atoms with Crippen molar-refractivity contribution in [1.29, 1.82) is 0 Å². The molecule has 0 fully saturated rings. The maximum absolute atomic E-state index is 12.7. The van der Waals surface area contributed by atoms with Crippen LogP contribution in [0.25, 0.3) is 0 Å². The van der Waals surface area contributed by atoms with Crippen molar-refractivity contribution in [2.75, 3.05) is 5.32 Å². The molecule has 0 bridgehead atoms. The van der Waals surface area contributed by atoms with Gasteiger partial charge in [0, 0.05) is 5.69 Å². The molecule has 0 aliphatic rings. The van der Waals surface area contributed by atoms with E-state index in [0.717, 1.165) is 35.6 Å². The molecule has 0 saturated heterocycles. The second kappa shape index (κ2) is 8.86. The molecule has 3 aromatic carbocycles. The van der Waals surface area contributed by atoms with Gasteiger partial charge in [-0.05, 0) is 48.4 Å². The van der Waals surface area contributed by atoms with Crippen molar-refractivity contribution < 1.29 is 9.53 Å². The van der Waals surface area contributed by atoms with E-state index < -0.39 is 0 Å². The third-order valence-electron chi connectivity index (χ3n) is 4.20. The van der Waals surface area contributed by atoms with E-state index in [1.165, 1.54) is 0 Å². The van der Waals surface area contributed by atoms with E-state index in [1.54, 1.807) is 0 Å². The molecule has 0 spiro atoms. The first kappa shape index (κ1) is 17.7. The van der Waals surface area contributed by atoms with E-state index in [1.807, 2.05) is 84.9 Å². The number of rotatable bonds is 7. The number of amides is 1. The van der Waals surface area contributed by atoms with Gasteiger partial charge in [-0.3, -0.25) is 4.79 Å². The molecule has 0 saturated carbocycles. The van der Waals surface area contributed by atoms with Crippen LogP contribution in [0, 0.1) is 0 Å². The summed E-state index contributed by atoms with van der Waals surface area (Å²) in [5.74, 6) is 1.41. The number of hydrogen-bond donors (Lipinski definition) is 1. The van der Waals surface area contributed by atoms with Crippen molar-refractivity contribution >= 4 is 11.6 Å². The number of nitrogens with one attached hydrogen (secondary N) is 1. The maximum Gasteiger partial charge on any atom is 0.231 e. The van der Waals surface area contributed by atoms with Gasteiger partial charge in [-0.25, -0.2) is 0 Å². The molecule has 0 radical (unpaired) electrons. The predicted octanol–water partition coefficient (Wildman–Crippen LogP) is 6.00. The lowest BCUT2D eigenvalue weighted by atomic mass is 9.93. The molecule has 0 aliphatic carbocycles. The zero-order valence-corrected chi connectivity index (χ0v) is 14.9. The van der Waals surface area contributed by atoms with Crippen molar-refractivity contribution in [2.24, 2.45) is 0 Å². The van der Waals surface area contributed by atoms with Gasteiger partial charge < -0.3 is 10.1 Å². The number of benzene rings is 3. The number of ether oxygens (including phenoxy) is 1. The lowest BCUT2D eigenvalue weighted by Gasteiger charge is -2.17. The first-order chi connectivity index (χ1) is 12.8. The molecule has 3 heteroatoms. The molecule has 1 amide bonds. The molecule has 132 valence electrons. The minimum Gasteiger partial charge on any atom is -0.457 e. The molecule has 0 unspecified atom stereocenters. The minimum atomic E-state index is -0.138. The van der Waals surface area contributed by atoms with Crippen LogP contribution in [0.4, 0.5) is 5.69 Å². The van der Waals surface area contributed by atoms with E-state index in [-0.39, 0.29) is 11.8 Å². The number of hydrogen-bond acceptors (Lipinski definition) is 2. The predicted molar refractivity (Wildman–Crippen MR) is 106 cm³/mol. The Morgan fingerprint density at radius 1 is 0.846 bits per heavy atom. The number of para-hydroxylation sites is 1. The summed E-state index contributed by atoms with van der Waals surface area (Å²) < 4.78 is 5.78. The second-order valence-corrected chi connectivity index (χ2v) is 6.18. The summed E-state index contributed by atoms with van der Waals surface area (Å²) in [5.41, 5.74) is 1.82. The molecule has 3 nitrogen and oxygen atoms in total. The van der Waals surface area contributed by atoms with Crippen LogP contribution in [-0.2, 0) is 4.79 Å². The topological polar surface area (TPSA) is 38.3 Å². The number of anilines is 1. The van der Waals surface area contributed by atoms with E-state index in [0.29, 0.717) is 0 Å². The number of carbonyl (C=O) groups excluding carboxylic acids is 1.